The van der Waals surface area contributed by atoms with Gasteiger partial charge in [0.15, 0.2) is 18.2 Å². The number of aromatic nitrogens is 4. The number of benzene rings is 2. The first-order valence-electron chi connectivity index (χ1n) is 19.2. The van der Waals surface area contributed by atoms with Gasteiger partial charge in [0, 0.05) is 79.5 Å². The zero-order valence-electron chi connectivity index (χ0n) is 30.9. The number of nitrogens with one attached hydrogen (secondary N) is 1. The minimum Gasteiger partial charge on any atom is -0.481 e. The number of amides is 1. The first-order chi connectivity index (χ1) is 25.8. The number of halogens is 4. The first-order valence-corrected chi connectivity index (χ1v) is 19.2. The molecule has 2 spiro atoms. The molecule has 2 aromatic carbocycles. The zero-order chi connectivity index (χ0) is 37.6. The van der Waals surface area contributed by atoms with Gasteiger partial charge in [-0.3, -0.25) is 9.89 Å². The van der Waals surface area contributed by atoms with E-state index in [2.05, 4.69) is 44.5 Å². The van der Waals surface area contributed by atoms with E-state index in [4.69, 9.17) is 14.7 Å². The summed E-state index contributed by atoms with van der Waals surface area (Å²) in [6, 6.07) is 6.02. The lowest BCUT2D eigenvalue weighted by Crippen LogP contribution is -2.62. The van der Waals surface area contributed by atoms with Crippen LogP contribution in [0.25, 0.3) is 32.9 Å². The van der Waals surface area contributed by atoms with Gasteiger partial charge in [0.05, 0.1) is 11.7 Å². The van der Waals surface area contributed by atoms with Crippen LogP contribution in [0.3, 0.4) is 0 Å². The van der Waals surface area contributed by atoms with Crippen molar-refractivity contribution in [1.29, 1.82) is 0 Å². The quantitative estimate of drug-likeness (QED) is 0.143. The molecule has 14 heteroatoms. The molecule has 54 heavy (non-hydrogen) atoms. The number of ether oxygens (including phenoxy) is 1. The number of H-pyrrole nitrogens is 1. The van der Waals surface area contributed by atoms with Gasteiger partial charge in [-0.05, 0) is 86.7 Å². The minimum absolute atomic E-state index is 0.114. The van der Waals surface area contributed by atoms with E-state index in [9.17, 15) is 22.4 Å². The fourth-order valence-electron chi connectivity index (χ4n) is 9.67. The summed E-state index contributed by atoms with van der Waals surface area (Å²) in [5.41, 5.74) is 4.49. The van der Waals surface area contributed by atoms with Crippen LogP contribution in [-0.2, 0) is 4.79 Å². The molecular weight excluding hydrogens is 700 g/mol. The van der Waals surface area contributed by atoms with Crippen molar-refractivity contribution in [1.82, 2.24) is 30.0 Å². The zero-order valence-corrected chi connectivity index (χ0v) is 30.9. The SMILES string of the molecule is C=C(F)C(=O)N1CC2(CCN(c3nc(N4CCC5(CN(CCC)C5)C4)nc4c(OCC(F)(F)F)c(-c5c(C)ccc6[nH]ncc56)c(C5CC5)cc34)CC2)C1. The van der Waals surface area contributed by atoms with Gasteiger partial charge in [-0.15, -0.1) is 0 Å². The summed E-state index contributed by atoms with van der Waals surface area (Å²) < 4.78 is 62.0. The number of aryl methyl sites for hydroxylation is 1. The smallest absolute Gasteiger partial charge is 0.422 e. The van der Waals surface area contributed by atoms with Gasteiger partial charge in [-0.2, -0.15) is 23.3 Å². The highest BCUT2D eigenvalue weighted by Crippen LogP contribution is 2.54. The number of carbonyl (C=O) groups is 1. The molecule has 1 amide bonds. The van der Waals surface area contributed by atoms with E-state index in [1.54, 1.807) is 6.20 Å². The maximum Gasteiger partial charge on any atom is 0.422 e. The number of likely N-dealkylation sites (tertiary alicyclic amines) is 2. The van der Waals surface area contributed by atoms with Gasteiger partial charge in [-0.1, -0.05) is 19.6 Å². The van der Waals surface area contributed by atoms with Gasteiger partial charge in [-0.25, -0.2) is 9.37 Å². The molecular formula is C40H46F4N8O2. The topological polar surface area (TPSA) is 93.7 Å². The Hall–Kier alpha value is -4.46. The Bertz CT molecular complexity index is 2140. The fourth-order valence-corrected chi connectivity index (χ4v) is 9.67. The van der Waals surface area contributed by atoms with Crippen LogP contribution >= 0.6 is 0 Å². The molecule has 1 saturated carbocycles. The maximum absolute atomic E-state index is 14.1. The highest BCUT2D eigenvalue weighted by Gasteiger charge is 2.49. The van der Waals surface area contributed by atoms with Crippen LogP contribution < -0.4 is 14.5 Å². The van der Waals surface area contributed by atoms with Gasteiger partial charge in [0.25, 0.3) is 5.91 Å². The molecule has 4 aromatic rings. The highest BCUT2D eigenvalue weighted by molar-refractivity contribution is 6.06. The Labute approximate surface area is 311 Å². The van der Waals surface area contributed by atoms with Crippen LogP contribution in [0.15, 0.2) is 36.8 Å². The summed E-state index contributed by atoms with van der Waals surface area (Å²) in [5.74, 6) is -0.111. The van der Waals surface area contributed by atoms with Crippen molar-refractivity contribution in [3.05, 3.63) is 47.9 Å². The fraction of sp³-hybridized carbons (Fsp3) is 0.550. The number of alkyl halides is 3. The molecule has 5 aliphatic rings. The van der Waals surface area contributed by atoms with Crippen molar-refractivity contribution in [2.45, 2.75) is 64.5 Å². The minimum atomic E-state index is -4.57. The molecule has 0 unspecified atom stereocenters. The van der Waals surface area contributed by atoms with Crippen molar-refractivity contribution < 1.29 is 27.1 Å². The molecule has 2 aromatic heterocycles. The van der Waals surface area contributed by atoms with E-state index in [0.717, 1.165) is 98.8 Å². The second-order valence-electron chi connectivity index (χ2n) is 16.6. The van der Waals surface area contributed by atoms with Crippen LogP contribution in [0.2, 0.25) is 0 Å². The molecule has 0 bridgehead atoms. The van der Waals surface area contributed by atoms with Gasteiger partial charge in [0.1, 0.15) is 11.3 Å². The van der Waals surface area contributed by atoms with Crippen molar-refractivity contribution in [2.24, 2.45) is 10.8 Å². The van der Waals surface area contributed by atoms with Crippen LogP contribution in [0.4, 0.5) is 29.3 Å². The van der Waals surface area contributed by atoms with Crippen LogP contribution in [0.5, 0.6) is 5.75 Å². The summed E-state index contributed by atoms with van der Waals surface area (Å²) >= 11 is 0. The molecule has 5 fully saturated rings. The van der Waals surface area contributed by atoms with E-state index in [1.165, 1.54) is 4.90 Å². The molecule has 0 radical (unpaired) electrons. The maximum atomic E-state index is 14.1. The Morgan fingerprint density at radius 2 is 1.70 bits per heavy atom. The molecule has 4 saturated heterocycles. The number of nitrogens with zero attached hydrogens (tertiary/aromatic N) is 7. The predicted octanol–water partition coefficient (Wildman–Crippen LogP) is 7.13. The molecule has 4 aliphatic heterocycles. The third-order valence-electron chi connectivity index (χ3n) is 12.5. The molecule has 1 aliphatic carbocycles. The van der Waals surface area contributed by atoms with Crippen molar-refractivity contribution >= 4 is 39.5 Å². The van der Waals surface area contributed by atoms with Crippen LogP contribution in [-0.4, -0.2) is 108 Å². The standard InChI is InChI=1S/C40H46F4N8O2/c1-4-12-49-18-39(19-49)11-15-51(22-39)37-46-33-28(35(47-37)50-13-9-38(10-14-50)20-52(21-38)36(53)25(3)41)16-27(26-6-7-26)32(34(33)54-23-40(42,43)44)31-24(2)5-8-30-29(31)17-45-48-30/h5,8,16-17,26H,3-4,6-7,9-15,18-23H2,1-2H3,(H,45,48). The van der Waals surface area contributed by atoms with Crippen molar-refractivity contribution in [3.63, 3.8) is 0 Å². The molecule has 286 valence electrons. The lowest BCUT2D eigenvalue weighted by molar-refractivity contribution is -0.153. The van der Waals surface area contributed by atoms with Crippen molar-refractivity contribution in [3.8, 4) is 16.9 Å². The summed E-state index contributed by atoms with van der Waals surface area (Å²) in [6.07, 6.45) is 2.64. The first kappa shape index (κ1) is 35.3. The second kappa shape index (κ2) is 12.8. The molecule has 6 heterocycles. The molecule has 1 N–H and O–H groups in total. The molecule has 10 nitrogen and oxygen atoms in total. The number of piperidine rings is 1. The second-order valence-corrected chi connectivity index (χ2v) is 16.6. The highest BCUT2D eigenvalue weighted by atomic mass is 19.4. The predicted molar refractivity (Wildman–Crippen MR) is 200 cm³/mol. The van der Waals surface area contributed by atoms with Gasteiger partial charge < -0.3 is 24.3 Å². The Balaban J connectivity index is 1.18. The van der Waals surface area contributed by atoms with E-state index >= 15 is 0 Å². The average Bonchev–Trinajstić information content (AvgIpc) is 3.68. The van der Waals surface area contributed by atoms with E-state index in [-0.39, 0.29) is 22.5 Å². The van der Waals surface area contributed by atoms with E-state index in [1.807, 2.05) is 19.1 Å². The average molecular weight is 747 g/mol. The van der Waals surface area contributed by atoms with Gasteiger partial charge in [0.2, 0.25) is 5.95 Å². The van der Waals surface area contributed by atoms with Gasteiger partial charge >= 0.3 is 6.18 Å². The monoisotopic (exact) mass is 746 g/mol. The number of anilines is 2. The number of rotatable bonds is 9. The number of aromatic amines is 1. The normalized spacial score (nSPS) is 21.0. The number of carbonyl (C=O) groups excluding carboxylic acids is 1. The third-order valence-corrected chi connectivity index (χ3v) is 12.5. The van der Waals surface area contributed by atoms with E-state index < -0.39 is 24.5 Å². The summed E-state index contributed by atoms with van der Waals surface area (Å²) in [7, 11) is 0. The lowest BCUT2D eigenvalue weighted by Gasteiger charge is -2.54. The third kappa shape index (κ3) is 6.14. The summed E-state index contributed by atoms with van der Waals surface area (Å²) in [5, 5.41) is 8.83. The Kier molecular flexibility index (Phi) is 8.36. The number of hydrogen-bond donors (Lipinski definition) is 1. The lowest BCUT2D eigenvalue weighted by atomic mass is 9.72. The van der Waals surface area contributed by atoms with Crippen LogP contribution in [0.1, 0.15) is 62.5 Å². The molecule has 0 atom stereocenters. The van der Waals surface area contributed by atoms with Crippen molar-refractivity contribution in [2.75, 3.05) is 75.3 Å². The Morgan fingerprint density at radius 3 is 2.39 bits per heavy atom. The summed E-state index contributed by atoms with van der Waals surface area (Å²) in [4.78, 5) is 31.1. The molecule has 9 rings (SSSR count). The summed E-state index contributed by atoms with van der Waals surface area (Å²) in [6.45, 7) is 12.8. The number of hydrogen-bond acceptors (Lipinski definition) is 8. The van der Waals surface area contributed by atoms with Crippen LogP contribution in [0, 0.1) is 17.8 Å². The largest absolute Gasteiger partial charge is 0.481 e. The number of fused-ring (bicyclic) bond motifs is 2. The van der Waals surface area contributed by atoms with E-state index in [0.29, 0.717) is 54.4 Å². The Morgan fingerprint density at radius 1 is 0.981 bits per heavy atom.